The molecule has 40 heavy (non-hydrogen) atoms. The maximum absolute atomic E-state index is 13.3. The molecule has 1 amide bonds. The van der Waals surface area contributed by atoms with Gasteiger partial charge in [-0.2, -0.15) is 13.2 Å². The van der Waals surface area contributed by atoms with E-state index in [9.17, 15) is 18.0 Å². The van der Waals surface area contributed by atoms with Crippen LogP contribution in [0.2, 0.25) is 0 Å². The number of benzene rings is 5. The largest absolute Gasteiger partial charge is 0.416 e. The standard InChI is InChI=1S/C34H27F3N2O/c1-22(2)38-33(40)26-15-18-30-27(19-26)20-29(21-31(30)23-13-16-28(17-14-23)34(35,36)37)39-32(24-9-5-3-6-10-24)25-11-7-4-8-12-25/h3-22H,1-2H3,(H,38,40). The number of hydrogen-bond donors (Lipinski definition) is 1. The van der Waals surface area contributed by atoms with Gasteiger partial charge in [0.25, 0.3) is 5.91 Å². The molecule has 200 valence electrons. The third kappa shape index (κ3) is 5.96. The predicted molar refractivity (Wildman–Crippen MR) is 155 cm³/mol. The van der Waals surface area contributed by atoms with Crippen LogP contribution >= 0.6 is 0 Å². The Morgan fingerprint density at radius 3 is 1.88 bits per heavy atom. The quantitative estimate of drug-likeness (QED) is 0.216. The van der Waals surface area contributed by atoms with Gasteiger partial charge in [0, 0.05) is 22.7 Å². The van der Waals surface area contributed by atoms with Gasteiger partial charge in [0.1, 0.15) is 0 Å². The molecule has 0 spiro atoms. The fourth-order valence-corrected chi connectivity index (χ4v) is 4.60. The van der Waals surface area contributed by atoms with E-state index in [0.717, 1.165) is 45.3 Å². The summed E-state index contributed by atoms with van der Waals surface area (Å²) < 4.78 is 39.8. The first-order chi connectivity index (χ1) is 19.2. The highest BCUT2D eigenvalue weighted by molar-refractivity contribution is 6.14. The molecule has 5 rings (SSSR count). The number of halogens is 3. The molecule has 0 unspecified atom stereocenters. The average Bonchev–Trinajstić information content (AvgIpc) is 2.95. The van der Waals surface area contributed by atoms with Crippen LogP contribution in [-0.4, -0.2) is 17.7 Å². The third-order valence-corrected chi connectivity index (χ3v) is 6.48. The van der Waals surface area contributed by atoms with E-state index >= 15 is 0 Å². The highest BCUT2D eigenvalue weighted by atomic mass is 19.4. The number of nitrogens with one attached hydrogen (secondary N) is 1. The van der Waals surface area contributed by atoms with E-state index in [-0.39, 0.29) is 11.9 Å². The minimum Gasteiger partial charge on any atom is -0.350 e. The first kappa shape index (κ1) is 26.9. The van der Waals surface area contributed by atoms with Crippen LogP contribution in [0.25, 0.3) is 21.9 Å². The highest BCUT2D eigenvalue weighted by Crippen LogP contribution is 2.36. The molecule has 0 saturated heterocycles. The van der Waals surface area contributed by atoms with Crippen LogP contribution in [0, 0.1) is 0 Å². The number of carbonyl (C=O) groups is 1. The molecule has 0 saturated carbocycles. The SMILES string of the molecule is CC(C)NC(=O)c1ccc2c(-c3ccc(C(F)(F)F)cc3)cc(N=C(c3ccccc3)c3ccccc3)cc2c1. The minimum atomic E-state index is -4.42. The van der Waals surface area contributed by atoms with Gasteiger partial charge in [-0.1, -0.05) is 78.9 Å². The second-order valence-electron chi connectivity index (χ2n) is 9.82. The van der Waals surface area contributed by atoms with Crippen molar-refractivity contribution in [1.82, 2.24) is 5.32 Å². The molecule has 5 aromatic carbocycles. The fourth-order valence-electron chi connectivity index (χ4n) is 4.60. The van der Waals surface area contributed by atoms with Crippen LogP contribution in [0.5, 0.6) is 0 Å². The molecular weight excluding hydrogens is 509 g/mol. The number of amides is 1. The lowest BCUT2D eigenvalue weighted by molar-refractivity contribution is -0.137. The van der Waals surface area contributed by atoms with Crippen molar-refractivity contribution in [3.63, 3.8) is 0 Å². The summed E-state index contributed by atoms with van der Waals surface area (Å²) in [7, 11) is 0. The molecule has 0 radical (unpaired) electrons. The Labute approximate surface area is 231 Å². The summed E-state index contributed by atoms with van der Waals surface area (Å²) in [6.07, 6.45) is -4.42. The zero-order valence-corrected chi connectivity index (χ0v) is 22.0. The van der Waals surface area contributed by atoms with Gasteiger partial charge in [0.05, 0.1) is 17.0 Å². The second kappa shape index (κ2) is 11.2. The lowest BCUT2D eigenvalue weighted by Gasteiger charge is -2.14. The van der Waals surface area contributed by atoms with Crippen molar-refractivity contribution in [3.8, 4) is 11.1 Å². The molecule has 0 aliphatic carbocycles. The molecular formula is C34H27F3N2O. The van der Waals surface area contributed by atoms with Gasteiger partial charge in [-0.15, -0.1) is 0 Å². The number of hydrogen-bond acceptors (Lipinski definition) is 2. The van der Waals surface area contributed by atoms with Crippen LogP contribution < -0.4 is 5.32 Å². The summed E-state index contributed by atoms with van der Waals surface area (Å²) in [5, 5.41) is 4.47. The van der Waals surface area contributed by atoms with Crippen LogP contribution in [0.1, 0.15) is 40.9 Å². The van der Waals surface area contributed by atoms with E-state index in [2.05, 4.69) is 5.32 Å². The van der Waals surface area contributed by atoms with Crippen LogP contribution in [0.15, 0.2) is 120 Å². The monoisotopic (exact) mass is 536 g/mol. The molecule has 0 aliphatic heterocycles. The van der Waals surface area contributed by atoms with Crippen molar-refractivity contribution in [2.75, 3.05) is 0 Å². The summed E-state index contributed by atoms with van der Waals surface area (Å²) in [4.78, 5) is 17.8. The lowest BCUT2D eigenvalue weighted by Crippen LogP contribution is -2.29. The van der Waals surface area contributed by atoms with Crippen LogP contribution in [0.3, 0.4) is 0 Å². The molecule has 0 aliphatic rings. The molecule has 0 heterocycles. The number of alkyl halides is 3. The van der Waals surface area contributed by atoms with Crippen molar-refractivity contribution in [2.24, 2.45) is 4.99 Å². The second-order valence-corrected chi connectivity index (χ2v) is 9.82. The summed E-state index contributed by atoms with van der Waals surface area (Å²) in [6.45, 7) is 3.78. The molecule has 5 aromatic rings. The Hall–Kier alpha value is -4.71. The van der Waals surface area contributed by atoms with Crippen molar-refractivity contribution < 1.29 is 18.0 Å². The molecule has 6 heteroatoms. The number of carbonyl (C=O) groups excluding carboxylic acids is 1. The van der Waals surface area contributed by atoms with Crippen molar-refractivity contribution in [2.45, 2.75) is 26.1 Å². The average molecular weight is 537 g/mol. The molecule has 1 N–H and O–H groups in total. The normalized spacial score (nSPS) is 11.4. The summed E-state index contributed by atoms with van der Waals surface area (Å²) >= 11 is 0. The van der Waals surface area contributed by atoms with Gasteiger partial charge >= 0.3 is 6.18 Å². The highest BCUT2D eigenvalue weighted by Gasteiger charge is 2.30. The van der Waals surface area contributed by atoms with Crippen molar-refractivity contribution in [3.05, 3.63) is 138 Å². The van der Waals surface area contributed by atoms with Gasteiger partial charge in [0.2, 0.25) is 0 Å². The zero-order chi connectivity index (χ0) is 28.3. The van der Waals surface area contributed by atoms with Gasteiger partial charge in [-0.25, -0.2) is 4.99 Å². The smallest absolute Gasteiger partial charge is 0.350 e. The Kier molecular flexibility index (Phi) is 7.52. The lowest BCUT2D eigenvalue weighted by atomic mass is 9.95. The first-order valence-corrected chi connectivity index (χ1v) is 12.9. The molecule has 0 bridgehead atoms. The van der Waals surface area contributed by atoms with Gasteiger partial charge in [0.15, 0.2) is 0 Å². The Balaban J connectivity index is 1.72. The number of rotatable bonds is 6. The summed E-state index contributed by atoms with van der Waals surface area (Å²) in [6, 6.07) is 33.8. The summed E-state index contributed by atoms with van der Waals surface area (Å²) in [5.41, 5.74) is 4.35. The minimum absolute atomic E-state index is 0.0267. The number of nitrogens with zero attached hydrogens (tertiary/aromatic N) is 1. The van der Waals surface area contributed by atoms with E-state index in [0.29, 0.717) is 16.8 Å². The van der Waals surface area contributed by atoms with Crippen molar-refractivity contribution >= 4 is 28.1 Å². The molecule has 3 nitrogen and oxygen atoms in total. The fraction of sp³-hybridized carbons (Fsp3) is 0.118. The molecule has 0 aromatic heterocycles. The maximum atomic E-state index is 13.3. The van der Waals surface area contributed by atoms with Gasteiger partial charge < -0.3 is 5.32 Å². The molecule has 0 fully saturated rings. The molecule has 0 atom stereocenters. The van der Waals surface area contributed by atoms with Gasteiger partial charge in [-0.05, 0) is 72.1 Å². The summed E-state index contributed by atoms with van der Waals surface area (Å²) in [5.74, 6) is -0.198. The predicted octanol–water partition coefficient (Wildman–Crippen LogP) is 8.83. The number of fused-ring (bicyclic) bond motifs is 1. The first-order valence-electron chi connectivity index (χ1n) is 12.9. The van der Waals surface area contributed by atoms with Crippen LogP contribution in [0.4, 0.5) is 18.9 Å². The van der Waals surface area contributed by atoms with E-state index in [4.69, 9.17) is 4.99 Å². The number of aliphatic imine (C=N–C) groups is 1. The maximum Gasteiger partial charge on any atom is 0.416 e. The van der Waals surface area contributed by atoms with Gasteiger partial charge in [-0.3, -0.25) is 4.79 Å². The van der Waals surface area contributed by atoms with Crippen molar-refractivity contribution in [1.29, 1.82) is 0 Å². The topological polar surface area (TPSA) is 41.5 Å². The van der Waals surface area contributed by atoms with E-state index < -0.39 is 11.7 Å². The Morgan fingerprint density at radius 1 is 0.725 bits per heavy atom. The van der Waals surface area contributed by atoms with E-state index in [1.54, 1.807) is 12.1 Å². The zero-order valence-electron chi connectivity index (χ0n) is 22.0. The Morgan fingerprint density at radius 2 is 1.32 bits per heavy atom. The Bertz CT molecular complexity index is 1630. The third-order valence-electron chi connectivity index (χ3n) is 6.48. The van der Waals surface area contributed by atoms with E-state index in [1.165, 1.54) is 12.1 Å². The van der Waals surface area contributed by atoms with Crippen LogP contribution in [-0.2, 0) is 6.18 Å². The van der Waals surface area contributed by atoms with E-state index in [1.807, 2.05) is 92.7 Å².